The highest BCUT2D eigenvalue weighted by atomic mass is 28.3. The monoisotopic (exact) mass is 403 g/mol. The van der Waals surface area contributed by atoms with Gasteiger partial charge in [0.15, 0.2) is 9.04 Å². The lowest BCUT2D eigenvalue weighted by Crippen LogP contribution is -2.43. The van der Waals surface area contributed by atoms with E-state index in [4.69, 9.17) is 10.2 Å². The SMILES string of the molecule is C[SiH](C)OC(C1CCCCC1)C(Cc1ccc(C(C)(C)C)c(N)c1)C(C)(C)C. The van der Waals surface area contributed by atoms with E-state index in [0.717, 1.165) is 18.0 Å². The van der Waals surface area contributed by atoms with Crippen LogP contribution in [0.2, 0.25) is 13.1 Å². The van der Waals surface area contributed by atoms with E-state index in [2.05, 4.69) is 72.8 Å². The number of nitrogen functional groups attached to an aromatic ring is 1. The number of nitrogens with two attached hydrogens (primary N) is 1. The van der Waals surface area contributed by atoms with Gasteiger partial charge in [-0.25, -0.2) is 0 Å². The van der Waals surface area contributed by atoms with Crippen LogP contribution in [-0.2, 0) is 16.3 Å². The van der Waals surface area contributed by atoms with Gasteiger partial charge in [0.2, 0.25) is 0 Å². The third-order valence-electron chi connectivity index (χ3n) is 6.43. The van der Waals surface area contributed by atoms with Crippen LogP contribution >= 0.6 is 0 Å². The number of rotatable bonds is 6. The fourth-order valence-electron chi connectivity index (χ4n) is 4.90. The zero-order chi connectivity index (χ0) is 21.1. The highest BCUT2D eigenvalue weighted by Gasteiger charge is 2.38. The fraction of sp³-hybridized carbons (Fsp3) is 0.760. The van der Waals surface area contributed by atoms with Crippen molar-refractivity contribution in [3.8, 4) is 0 Å². The predicted molar refractivity (Wildman–Crippen MR) is 127 cm³/mol. The van der Waals surface area contributed by atoms with E-state index in [1.807, 2.05) is 0 Å². The first kappa shape index (κ1) is 23.5. The standard InChI is InChI=1S/C25H45NOSi/c1-24(2,3)20-15-14-18(17-22(20)26)16-21(25(4,5)6)23(27-28(7)8)19-12-10-9-11-13-19/h14-15,17,19,21,23,28H,9-13,16,26H2,1-8H3. The molecule has 1 saturated carbocycles. The highest BCUT2D eigenvalue weighted by Crippen LogP contribution is 2.41. The molecule has 0 aromatic heterocycles. The molecule has 0 radical (unpaired) electrons. The van der Waals surface area contributed by atoms with Gasteiger partial charge in [0, 0.05) is 5.69 Å². The maximum atomic E-state index is 6.77. The van der Waals surface area contributed by atoms with Crippen LogP contribution in [0.3, 0.4) is 0 Å². The van der Waals surface area contributed by atoms with Gasteiger partial charge >= 0.3 is 0 Å². The van der Waals surface area contributed by atoms with Gasteiger partial charge in [-0.2, -0.15) is 0 Å². The second kappa shape index (κ2) is 9.34. The maximum absolute atomic E-state index is 6.77. The van der Waals surface area contributed by atoms with E-state index in [-0.39, 0.29) is 10.8 Å². The minimum Gasteiger partial charge on any atom is -0.417 e. The molecule has 160 valence electrons. The molecule has 1 aromatic rings. The second-order valence-electron chi connectivity index (χ2n) is 11.4. The van der Waals surface area contributed by atoms with Crippen molar-refractivity contribution >= 4 is 14.7 Å². The molecular formula is C25H45NOSi. The Morgan fingerprint density at radius 2 is 1.64 bits per heavy atom. The number of benzene rings is 1. The summed E-state index contributed by atoms with van der Waals surface area (Å²) in [6.45, 7) is 18.5. The molecule has 1 aromatic carbocycles. The summed E-state index contributed by atoms with van der Waals surface area (Å²) in [5.41, 5.74) is 10.3. The first-order chi connectivity index (χ1) is 12.9. The molecule has 0 saturated heterocycles. The molecule has 1 fully saturated rings. The summed E-state index contributed by atoms with van der Waals surface area (Å²) < 4.78 is 6.77. The van der Waals surface area contributed by atoms with E-state index >= 15 is 0 Å². The van der Waals surface area contributed by atoms with E-state index in [1.165, 1.54) is 43.2 Å². The van der Waals surface area contributed by atoms with Crippen LogP contribution in [0, 0.1) is 17.3 Å². The molecule has 2 N–H and O–H groups in total. The normalized spacial score (nSPS) is 19.0. The van der Waals surface area contributed by atoms with Crippen LogP contribution in [-0.4, -0.2) is 15.1 Å². The van der Waals surface area contributed by atoms with Crippen LogP contribution < -0.4 is 5.73 Å². The molecule has 1 aliphatic rings. The van der Waals surface area contributed by atoms with Crippen molar-refractivity contribution in [1.82, 2.24) is 0 Å². The van der Waals surface area contributed by atoms with Crippen molar-refractivity contribution in [3.05, 3.63) is 29.3 Å². The van der Waals surface area contributed by atoms with Gasteiger partial charge in [0.25, 0.3) is 0 Å². The number of hydrogen-bond acceptors (Lipinski definition) is 2. The van der Waals surface area contributed by atoms with Gasteiger partial charge in [-0.3, -0.25) is 0 Å². The lowest BCUT2D eigenvalue weighted by atomic mass is 9.68. The molecule has 1 aliphatic carbocycles. The lowest BCUT2D eigenvalue weighted by Gasteiger charge is -2.43. The average molecular weight is 404 g/mol. The Kier molecular flexibility index (Phi) is 7.83. The molecule has 3 heteroatoms. The summed E-state index contributed by atoms with van der Waals surface area (Å²) in [6, 6.07) is 6.78. The van der Waals surface area contributed by atoms with Gasteiger partial charge in [0.05, 0.1) is 6.10 Å². The highest BCUT2D eigenvalue weighted by molar-refractivity contribution is 6.48. The molecule has 0 bridgehead atoms. The summed E-state index contributed by atoms with van der Waals surface area (Å²) in [5, 5.41) is 0. The number of hydrogen-bond donors (Lipinski definition) is 1. The third-order valence-corrected chi connectivity index (χ3v) is 7.29. The average Bonchev–Trinajstić information content (AvgIpc) is 2.56. The Morgan fingerprint density at radius 3 is 2.11 bits per heavy atom. The second-order valence-corrected chi connectivity index (χ2v) is 13.8. The fourth-order valence-corrected chi connectivity index (χ4v) is 5.94. The molecular weight excluding hydrogens is 358 g/mol. The van der Waals surface area contributed by atoms with Crippen LogP contribution in [0.1, 0.15) is 84.8 Å². The molecule has 0 aliphatic heterocycles. The van der Waals surface area contributed by atoms with Crippen molar-refractivity contribution in [2.75, 3.05) is 5.73 Å². The summed E-state index contributed by atoms with van der Waals surface area (Å²) in [6.07, 6.45) is 8.25. The zero-order valence-electron chi connectivity index (χ0n) is 19.8. The molecule has 2 unspecified atom stereocenters. The Balaban J connectivity index is 2.32. The first-order valence-electron chi connectivity index (χ1n) is 11.4. The van der Waals surface area contributed by atoms with Gasteiger partial charge in [-0.15, -0.1) is 0 Å². The minimum atomic E-state index is -1.10. The van der Waals surface area contributed by atoms with Crippen LogP contribution in [0.15, 0.2) is 18.2 Å². The van der Waals surface area contributed by atoms with Crippen molar-refractivity contribution < 1.29 is 4.43 Å². The number of anilines is 1. The van der Waals surface area contributed by atoms with Crippen LogP contribution in [0.5, 0.6) is 0 Å². The first-order valence-corrected chi connectivity index (χ1v) is 14.2. The Hall–Kier alpha value is -0.803. The summed E-state index contributed by atoms with van der Waals surface area (Å²) >= 11 is 0. The Labute approximate surface area is 176 Å². The van der Waals surface area contributed by atoms with Gasteiger partial charge in [-0.05, 0) is 72.2 Å². The molecule has 28 heavy (non-hydrogen) atoms. The van der Waals surface area contributed by atoms with Crippen molar-refractivity contribution in [2.45, 2.75) is 105 Å². The van der Waals surface area contributed by atoms with Crippen LogP contribution in [0.4, 0.5) is 5.69 Å². The summed E-state index contributed by atoms with van der Waals surface area (Å²) in [5.74, 6) is 1.24. The van der Waals surface area contributed by atoms with Crippen LogP contribution in [0.25, 0.3) is 0 Å². The largest absolute Gasteiger partial charge is 0.417 e. The molecule has 0 heterocycles. The van der Waals surface area contributed by atoms with E-state index < -0.39 is 9.04 Å². The Morgan fingerprint density at radius 1 is 1.04 bits per heavy atom. The predicted octanol–water partition coefficient (Wildman–Crippen LogP) is 6.72. The van der Waals surface area contributed by atoms with E-state index in [1.54, 1.807) is 0 Å². The summed E-state index contributed by atoms with van der Waals surface area (Å²) in [7, 11) is -1.10. The van der Waals surface area contributed by atoms with Gasteiger partial charge in [0.1, 0.15) is 0 Å². The quantitative estimate of drug-likeness (QED) is 0.422. The molecule has 2 rings (SSSR count). The van der Waals surface area contributed by atoms with E-state index in [0.29, 0.717) is 12.0 Å². The van der Waals surface area contributed by atoms with Crippen molar-refractivity contribution in [2.24, 2.45) is 17.3 Å². The zero-order valence-corrected chi connectivity index (χ0v) is 20.9. The maximum Gasteiger partial charge on any atom is 0.171 e. The van der Waals surface area contributed by atoms with Crippen molar-refractivity contribution in [1.29, 1.82) is 0 Å². The Bertz CT molecular complexity index is 620. The topological polar surface area (TPSA) is 35.2 Å². The van der Waals surface area contributed by atoms with E-state index in [9.17, 15) is 0 Å². The molecule has 2 atom stereocenters. The minimum absolute atomic E-state index is 0.0863. The third kappa shape index (κ3) is 6.35. The smallest absolute Gasteiger partial charge is 0.171 e. The molecule has 2 nitrogen and oxygen atoms in total. The lowest BCUT2D eigenvalue weighted by molar-refractivity contribution is 0.00549. The van der Waals surface area contributed by atoms with Gasteiger partial charge < -0.3 is 10.2 Å². The molecule has 0 spiro atoms. The van der Waals surface area contributed by atoms with Crippen molar-refractivity contribution in [3.63, 3.8) is 0 Å². The van der Waals surface area contributed by atoms with Gasteiger partial charge in [-0.1, -0.05) is 72.9 Å². The summed E-state index contributed by atoms with van der Waals surface area (Å²) in [4.78, 5) is 0. The molecule has 0 amide bonds.